The van der Waals surface area contributed by atoms with E-state index in [0.717, 1.165) is 23.5 Å². The van der Waals surface area contributed by atoms with Crippen molar-refractivity contribution in [3.05, 3.63) is 70.6 Å². The first kappa shape index (κ1) is 17.9. The highest BCUT2D eigenvalue weighted by atomic mass is 35.5. The third kappa shape index (κ3) is 3.65. The first-order valence-corrected chi connectivity index (χ1v) is 8.98. The van der Waals surface area contributed by atoms with E-state index >= 15 is 0 Å². The lowest BCUT2D eigenvalue weighted by Gasteiger charge is -2.34. The fourth-order valence-corrected chi connectivity index (χ4v) is 3.49. The van der Waals surface area contributed by atoms with Gasteiger partial charge in [-0.15, -0.1) is 0 Å². The van der Waals surface area contributed by atoms with Crippen LogP contribution in [-0.4, -0.2) is 51.3 Å². The average molecular weight is 391 g/mol. The summed E-state index contributed by atoms with van der Waals surface area (Å²) in [5.41, 5.74) is 1.85. The molecule has 3 heterocycles. The fraction of sp³-hybridized carbons (Fsp3) is 0.263. The fourth-order valence-electron chi connectivity index (χ4n) is 3.26. The van der Waals surface area contributed by atoms with Gasteiger partial charge in [-0.1, -0.05) is 17.7 Å². The zero-order chi connectivity index (χ0) is 19.0. The second-order valence-electron chi connectivity index (χ2n) is 6.51. The Balaban J connectivity index is 1.40. The van der Waals surface area contributed by atoms with Crippen molar-refractivity contribution in [1.82, 2.24) is 19.2 Å². The zero-order valence-corrected chi connectivity index (χ0v) is 15.2. The van der Waals surface area contributed by atoms with Crippen molar-refractivity contribution in [3.63, 3.8) is 0 Å². The molecule has 5 nitrogen and oxygen atoms in total. The van der Waals surface area contributed by atoms with E-state index in [4.69, 9.17) is 11.6 Å². The van der Waals surface area contributed by atoms with Crippen LogP contribution in [0.5, 0.6) is 0 Å². The van der Waals surface area contributed by atoms with Gasteiger partial charge < -0.3 is 9.30 Å². The molecule has 0 aliphatic carbocycles. The third-order valence-corrected chi connectivity index (χ3v) is 5.01. The molecule has 0 bridgehead atoms. The SMILES string of the molecule is O=C(c1cc(F)c(F)cc1Cl)N1CCN(Cc2cn3ccccc3n2)CC1. The molecule has 1 aliphatic heterocycles. The first-order chi connectivity index (χ1) is 13.0. The molecule has 1 aromatic carbocycles. The highest BCUT2D eigenvalue weighted by Gasteiger charge is 2.25. The number of hydrogen-bond acceptors (Lipinski definition) is 3. The number of piperazine rings is 1. The van der Waals surface area contributed by atoms with Crippen LogP contribution >= 0.6 is 11.6 Å². The van der Waals surface area contributed by atoms with Crippen molar-refractivity contribution in [2.45, 2.75) is 6.54 Å². The van der Waals surface area contributed by atoms with Gasteiger partial charge in [0.1, 0.15) is 5.65 Å². The summed E-state index contributed by atoms with van der Waals surface area (Å²) in [4.78, 5) is 21.0. The van der Waals surface area contributed by atoms with Crippen LogP contribution < -0.4 is 0 Å². The van der Waals surface area contributed by atoms with Gasteiger partial charge in [0.2, 0.25) is 0 Å². The first-order valence-electron chi connectivity index (χ1n) is 8.60. The van der Waals surface area contributed by atoms with Crippen LogP contribution in [0.4, 0.5) is 8.78 Å². The van der Waals surface area contributed by atoms with Gasteiger partial charge in [-0.25, -0.2) is 13.8 Å². The molecule has 0 unspecified atom stereocenters. The third-order valence-electron chi connectivity index (χ3n) is 4.70. The van der Waals surface area contributed by atoms with E-state index in [9.17, 15) is 13.6 Å². The maximum Gasteiger partial charge on any atom is 0.255 e. The van der Waals surface area contributed by atoms with Crippen LogP contribution in [0.2, 0.25) is 5.02 Å². The molecule has 140 valence electrons. The lowest BCUT2D eigenvalue weighted by Crippen LogP contribution is -2.48. The van der Waals surface area contributed by atoms with E-state index in [-0.39, 0.29) is 16.5 Å². The van der Waals surface area contributed by atoms with E-state index in [2.05, 4.69) is 9.88 Å². The minimum Gasteiger partial charge on any atom is -0.336 e. The van der Waals surface area contributed by atoms with Gasteiger partial charge in [-0.3, -0.25) is 9.69 Å². The summed E-state index contributed by atoms with van der Waals surface area (Å²) in [6, 6.07) is 7.55. The van der Waals surface area contributed by atoms with Gasteiger partial charge in [0.05, 0.1) is 16.3 Å². The van der Waals surface area contributed by atoms with Crippen LogP contribution in [-0.2, 0) is 6.54 Å². The molecule has 4 rings (SSSR count). The van der Waals surface area contributed by atoms with E-state index in [1.165, 1.54) is 0 Å². The Morgan fingerprint density at radius 2 is 1.85 bits per heavy atom. The van der Waals surface area contributed by atoms with Crippen molar-refractivity contribution in [2.24, 2.45) is 0 Å². The summed E-state index contributed by atoms with van der Waals surface area (Å²) in [7, 11) is 0. The average Bonchev–Trinajstić information content (AvgIpc) is 3.07. The summed E-state index contributed by atoms with van der Waals surface area (Å²) in [6.07, 6.45) is 3.95. The summed E-state index contributed by atoms with van der Waals surface area (Å²) < 4.78 is 28.6. The van der Waals surface area contributed by atoms with E-state index < -0.39 is 11.6 Å². The Morgan fingerprint density at radius 1 is 1.11 bits per heavy atom. The van der Waals surface area contributed by atoms with E-state index in [0.29, 0.717) is 32.7 Å². The Labute approximate surface area is 159 Å². The highest BCUT2D eigenvalue weighted by molar-refractivity contribution is 6.33. The molecule has 0 saturated carbocycles. The number of aromatic nitrogens is 2. The zero-order valence-electron chi connectivity index (χ0n) is 14.4. The molecule has 1 saturated heterocycles. The molecular weight excluding hydrogens is 374 g/mol. The second kappa shape index (κ2) is 7.25. The quantitative estimate of drug-likeness (QED) is 0.645. The smallest absolute Gasteiger partial charge is 0.255 e. The van der Waals surface area contributed by atoms with Crippen molar-refractivity contribution < 1.29 is 13.6 Å². The predicted molar refractivity (Wildman–Crippen MR) is 97.7 cm³/mol. The van der Waals surface area contributed by atoms with Gasteiger partial charge in [0.15, 0.2) is 11.6 Å². The van der Waals surface area contributed by atoms with Crippen LogP contribution in [0.3, 0.4) is 0 Å². The number of halogens is 3. The lowest BCUT2D eigenvalue weighted by molar-refractivity contribution is 0.0627. The molecule has 1 amide bonds. The Bertz CT molecular complexity index is 966. The molecule has 0 atom stereocenters. The minimum absolute atomic E-state index is 0.00984. The number of hydrogen-bond donors (Lipinski definition) is 0. The molecule has 2 aromatic heterocycles. The number of imidazole rings is 1. The Hall–Kier alpha value is -2.51. The molecule has 0 radical (unpaired) electrons. The van der Waals surface area contributed by atoms with Crippen LogP contribution in [0.1, 0.15) is 16.1 Å². The maximum absolute atomic E-state index is 13.5. The Morgan fingerprint density at radius 3 is 2.59 bits per heavy atom. The molecule has 3 aromatic rings. The maximum atomic E-state index is 13.5. The predicted octanol–water partition coefficient (Wildman–Crippen LogP) is 3.22. The largest absolute Gasteiger partial charge is 0.336 e. The number of carbonyl (C=O) groups excluding carboxylic acids is 1. The summed E-state index contributed by atoms with van der Waals surface area (Å²) in [5.74, 6) is -2.52. The number of amides is 1. The molecule has 1 aliphatic rings. The standard InChI is InChI=1S/C19H17ClF2N4O/c20-15-10-17(22)16(21)9-14(15)19(27)25-7-5-24(6-8-25)11-13-12-26-4-2-1-3-18(26)23-13/h1-4,9-10,12H,5-8,11H2. The van der Waals surface area contributed by atoms with Gasteiger partial charge in [0, 0.05) is 45.1 Å². The van der Waals surface area contributed by atoms with Crippen LogP contribution in [0.25, 0.3) is 5.65 Å². The van der Waals surface area contributed by atoms with Gasteiger partial charge in [-0.2, -0.15) is 0 Å². The Kier molecular flexibility index (Phi) is 4.80. The van der Waals surface area contributed by atoms with Gasteiger partial charge >= 0.3 is 0 Å². The van der Waals surface area contributed by atoms with Crippen molar-refractivity contribution in [3.8, 4) is 0 Å². The van der Waals surface area contributed by atoms with Crippen LogP contribution in [0.15, 0.2) is 42.7 Å². The van der Waals surface area contributed by atoms with Gasteiger partial charge in [-0.05, 0) is 24.3 Å². The summed E-state index contributed by atoms with van der Waals surface area (Å²) >= 11 is 5.92. The number of fused-ring (bicyclic) bond motifs is 1. The minimum atomic E-state index is -1.08. The topological polar surface area (TPSA) is 40.9 Å². The lowest BCUT2D eigenvalue weighted by atomic mass is 10.1. The number of benzene rings is 1. The van der Waals surface area contributed by atoms with E-state index in [1.807, 2.05) is 35.0 Å². The molecule has 27 heavy (non-hydrogen) atoms. The van der Waals surface area contributed by atoms with Crippen molar-refractivity contribution >= 4 is 23.2 Å². The molecule has 0 spiro atoms. The van der Waals surface area contributed by atoms with E-state index in [1.54, 1.807) is 4.90 Å². The number of pyridine rings is 1. The monoisotopic (exact) mass is 390 g/mol. The molecular formula is C19H17ClF2N4O. The molecule has 8 heteroatoms. The summed E-state index contributed by atoms with van der Waals surface area (Å²) in [6.45, 7) is 3.00. The molecule has 1 fully saturated rings. The molecule has 0 N–H and O–H groups in total. The second-order valence-corrected chi connectivity index (χ2v) is 6.92. The van der Waals surface area contributed by atoms with Crippen molar-refractivity contribution in [1.29, 1.82) is 0 Å². The number of nitrogens with zero attached hydrogens (tertiary/aromatic N) is 4. The summed E-state index contributed by atoms with van der Waals surface area (Å²) in [5, 5.41) is -0.0778. The van der Waals surface area contributed by atoms with Gasteiger partial charge in [0.25, 0.3) is 5.91 Å². The highest BCUT2D eigenvalue weighted by Crippen LogP contribution is 2.22. The van der Waals surface area contributed by atoms with Crippen LogP contribution in [0, 0.1) is 11.6 Å². The normalized spacial score (nSPS) is 15.4. The number of rotatable bonds is 3. The van der Waals surface area contributed by atoms with Crippen molar-refractivity contribution in [2.75, 3.05) is 26.2 Å². The number of carbonyl (C=O) groups is 1.